The first kappa shape index (κ1) is 15.5. The van der Waals surface area contributed by atoms with Gasteiger partial charge in [-0.15, -0.1) is 0 Å². The van der Waals surface area contributed by atoms with Crippen molar-refractivity contribution in [2.75, 3.05) is 25.2 Å². The molecule has 0 spiro atoms. The number of rotatable bonds is 5. The molecule has 118 valence electrons. The van der Waals surface area contributed by atoms with E-state index < -0.39 is 0 Å². The minimum absolute atomic E-state index is 0.0805. The number of methoxy groups -OCH3 is 1. The van der Waals surface area contributed by atoms with E-state index in [0.29, 0.717) is 25.5 Å². The van der Waals surface area contributed by atoms with Crippen molar-refractivity contribution >= 4 is 32.6 Å². The highest BCUT2D eigenvalue weighted by molar-refractivity contribution is 7.22. The van der Waals surface area contributed by atoms with E-state index >= 15 is 0 Å². The topological polar surface area (TPSA) is 73.5 Å². The second kappa shape index (κ2) is 7.22. The molecule has 3 rings (SSSR count). The zero-order valence-corrected chi connectivity index (χ0v) is 13.6. The van der Waals surface area contributed by atoms with Crippen LogP contribution in [0, 0.1) is 11.3 Å². The summed E-state index contributed by atoms with van der Waals surface area (Å²) in [5, 5.41) is 13.2. The van der Waals surface area contributed by atoms with Crippen LogP contribution in [0.3, 0.4) is 0 Å². The molecule has 23 heavy (non-hydrogen) atoms. The molecule has 7 heteroatoms. The Kier molecular flexibility index (Phi) is 4.86. The lowest BCUT2D eigenvalue weighted by Crippen LogP contribution is -2.48. The van der Waals surface area contributed by atoms with E-state index in [1.54, 1.807) is 24.6 Å². The molecule has 1 N–H and O–H groups in total. The normalized spacial score (nSPS) is 17.1. The van der Waals surface area contributed by atoms with Crippen molar-refractivity contribution in [1.82, 2.24) is 10.3 Å². The van der Waals surface area contributed by atoms with Crippen LogP contribution >= 0.6 is 11.3 Å². The SMILES string of the molecule is COCCNC1=NC=CC(CC#N)N1c1nc2ccccc2s1. The Labute approximate surface area is 138 Å². The van der Waals surface area contributed by atoms with Crippen LogP contribution in [0.4, 0.5) is 5.13 Å². The highest BCUT2D eigenvalue weighted by Gasteiger charge is 2.26. The van der Waals surface area contributed by atoms with Gasteiger partial charge < -0.3 is 10.1 Å². The average Bonchev–Trinajstić information content (AvgIpc) is 2.99. The van der Waals surface area contributed by atoms with Gasteiger partial charge in [-0.1, -0.05) is 23.5 Å². The molecule has 1 aliphatic rings. The summed E-state index contributed by atoms with van der Waals surface area (Å²) in [5.74, 6) is 0.698. The summed E-state index contributed by atoms with van der Waals surface area (Å²) >= 11 is 1.60. The number of aliphatic imine (C=N–C) groups is 1. The molecule has 0 radical (unpaired) electrons. The lowest BCUT2D eigenvalue weighted by atomic mass is 10.2. The molecule has 2 aromatic rings. The van der Waals surface area contributed by atoms with Gasteiger partial charge in [-0.25, -0.2) is 9.98 Å². The van der Waals surface area contributed by atoms with Crippen molar-refractivity contribution in [1.29, 1.82) is 5.26 Å². The minimum Gasteiger partial charge on any atom is -0.383 e. The van der Waals surface area contributed by atoms with Gasteiger partial charge in [0, 0.05) is 19.9 Å². The van der Waals surface area contributed by atoms with Crippen molar-refractivity contribution < 1.29 is 4.74 Å². The van der Waals surface area contributed by atoms with E-state index in [0.717, 1.165) is 15.3 Å². The summed E-state index contributed by atoms with van der Waals surface area (Å²) in [6, 6.07) is 10.2. The molecule has 1 aromatic heterocycles. The molecule has 6 nitrogen and oxygen atoms in total. The zero-order chi connectivity index (χ0) is 16.1. The van der Waals surface area contributed by atoms with Crippen LogP contribution in [-0.4, -0.2) is 37.2 Å². The van der Waals surface area contributed by atoms with Crippen molar-refractivity contribution in [2.45, 2.75) is 12.5 Å². The molecule has 0 aliphatic carbocycles. The molecule has 1 atom stereocenters. The van der Waals surface area contributed by atoms with Gasteiger partial charge in [0.2, 0.25) is 5.96 Å². The summed E-state index contributed by atoms with van der Waals surface area (Å²) in [7, 11) is 1.66. The van der Waals surface area contributed by atoms with Gasteiger partial charge in [0.25, 0.3) is 0 Å². The predicted molar refractivity (Wildman–Crippen MR) is 92.6 cm³/mol. The molecular formula is C16H17N5OS. The van der Waals surface area contributed by atoms with Crippen LogP contribution in [0.25, 0.3) is 10.2 Å². The number of nitrogens with one attached hydrogen (secondary N) is 1. The molecular weight excluding hydrogens is 310 g/mol. The highest BCUT2D eigenvalue weighted by Crippen LogP contribution is 2.31. The number of hydrogen-bond acceptors (Lipinski definition) is 7. The van der Waals surface area contributed by atoms with Crippen LogP contribution < -0.4 is 10.2 Å². The van der Waals surface area contributed by atoms with E-state index in [9.17, 15) is 0 Å². The smallest absolute Gasteiger partial charge is 0.205 e. The summed E-state index contributed by atoms with van der Waals surface area (Å²) < 4.78 is 6.19. The Morgan fingerprint density at radius 1 is 1.43 bits per heavy atom. The fourth-order valence-corrected chi connectivity index (χ4v) is 3.39. The molecule has 1 aromatic carbocycles. The first-order valence-electron chi connectivity index (χ1n) is 7.32. The minimum atomic E-state index is -0.0805. The van der Waals surface area contributed by atoms with Crippen LogP contribution in [-0.2, 0) is 4.74 Å². The standard InChI is InChI=1S/C16H17N5OS/c1-22-11-10-19-15-18-9-7-12(6-8-17)21(15)16-20-13-4-2-3-5-14(13)23-16/h2-5,7,9,12H,6,10-11H2,1H3,(H,18,19). The molecule has 0 saturated heterocycles. The number of nitrogens with zero attached hydrogens (tertiary/aromatic N) is 4. The molecule has 0 bridgehead atoms. The molecule has 1 unspecified atom stereocenters. The molecule has 0 fully saturated rings. The maximum absolute atomic E-state index is 9.12. The summed E-state index contributed by atoms with van der Waals surface area (Å²) in [6.07, 6.45) is 4.04. The quantitative estimate of drug-likeness (QED) is 0.854. The average molecular weight is 327 g/mol. The fraction of sp³-hybridized carbons (Fsp3) is 0.312. The fourth-order valence-electron chi connectivity index (χ4n) is 2.36. The van der Waals surface area contributed by atoms with Gasteiger partial charge in [-0.2, -0.15) is 5.26 Å². The van der Waals surface area contributed by atoms with Crippen molar-refractivity contribution in [3.63, 3.8) is 0 Å². The first-order valence-corrected chi connectivity index (χ1v) is 8.14. The number of aromatic nitrogens is 1. The van der Waals surface area contributed by atoms with Gasteiger partial charge in [0.1, 0.15) is 0 Å². The number of nitriles is 1. The third-order valence-electron chi connectivity index (χ3n) is 3.44. The van der Waals surface area contributed by atoms with E-state index in [1.165, 1.54) is 0 Å². The number of thiazole rings is 1. The number of benzene rings is 1. The van der Waals surface area contributed by atoms with Crippen LogP contribution in [0.15, 0.2) is 41.5 Å². The zero-order valence-electron chi connectivity index (χ0n) is 12.8. The Balaban J connectivity index is 1.93. The lowest BCUT2D eigenvalue weighted by molar-refractivity contribution is 0.203. The first-order chi connectivity index (χ1) is 11.3. The monoisotopic (exact) mass is 327 g/mol. The Morgan fingerprint density at radius 2 is 2.30 bits per heavy atom. The number of anilines is 1. The van der Waals surface area contributed by atoms with Crippen LogP contribution in [0.2, 0.25) is 0 Å². The number of ether oxygens (including phenoxy) is 1. The molecule has 1 aliphatic heterocycles. The van der Waals surface area contributed by atoms with Gasteiger partial charge in [-0.05, 0) is 18.2 Å². The van der Waals surface area contributed by atoms with Crippen LogP contribution in [0.5, 0.6) is 0 Å². The van der Waals surface area contributed by atoms with Crippen molar-refractivity contribution in [3.05, 3.63) is 36.5 Å². The Bertz CT molecular complexity index is 743. The van der Waals surface area contributed by atoms with E-state index in [-0.39, 0.29) is 6.04 Å². The van der Waals surface area contributed by atoms with Crippen LogP contribution in [0.1, 0.15) is 6.42 Å². The van der Waals surface area contributed by atoms with Gasteiger partial charge in [-0.3, -0.25) is 4.90 Å². The second-order valence-electron chi connectivity index (χ2n) is 4.98. The van der Waals surface area contributed by atoms with Crippen molar-refractivity contribution in [3.8, 4) is 6.07 Å². The molecule has 2 heterocycles. The molecule has 0 saturated carbocycles. The summed E-state index contributed by atoms with van der Waals surface area (Å²) in [6.45, 7) is 1.23. The number of hydrogen-bond donors (Lipinski definition) is 1. The van der Waals surface area contributed by atoms with E-state index in [4.69, 9.17) is 15.0 Å². The van der Waals surface area contributed by atoms with Gasteiger partial charge in [0.15, 0.2) is 5.13 Å². The second-order valence-corrected chi connectivity index (χ2v) is 5.99. The number of fused-ring (bicyclic) bond motifs is 1. The number of para-hydroxylation sites is 1. The Morgan fingerprint density at radius 3 is 3.09 bits per heavy atom. The van der Waals surface area contributed by atoms with Gasteiger partial charge >= 0.3 is 0 Å². The van der Waals surface area contributed by atoms with E-state index in [2.05, 4.69) is 16.4 Å². The lowest BCUT2D eigenvalue weighted by Gasteiger charge is -2.31. The Hall–Kier alpha value is -2.43. The third-order valence-corrected chi connectivity index (χ3v) is 4.48. The summed E-state index contributed by atoms with van der Waals surface area (Å²) in [4.78, 5) is 11.1. The van der Waals surface area contributed by atoms with Crippen molar-refractivity contribution in [2.24, 2.45) is 4.99 Å². The molecule has 0 amide bonds. The third kappa shape index (κ3) is 3.33. The maximum atomic E-state index is 9.12. The highest BCUT2D eigenvalue weighted by atomic mass is 32.1. The largest absolute Gasteiger partial charge is 0.383 e. The number of guanidine groups is 1. The predicted octanol–water partition coefficient (Wildman–Crippen LogP) is 2.50. The maximum Gasteiger partial charge on any atom is 0.205 e. The van der Waals surface area contributed by atoms with E-state index in [1.807, 2.05) is 35.2 Å². The summed E-state index contributed by atoms with van der Waals surface area (Å²) in [5.41, 5.74) is 0.953. The van der Waals surface area contributed by atoms with Gasteiger partial charge in [0.05, 0.1) is 35.4 Å².